The van der Waals surface area contributed by atoms with Crippen molar-refractivity contribution in [3.05, 3.63) is 82.8 Å². The second kappa shape index (κ2) is 12.3. The molecular formula is C28H30ClN3O6. The third-order valence-corrected chi connectivity index (χ3v) is 6.80. The van der Waals surface area contributed by atoms with Gasteiger partial charge in [0.25, 0.3) is 5.91 Å². The first kappa shape index (κ1) is 26.1. The van der Waals surface area contributed by atoms with Crippen LogP contribution in [0.5, 0.6) is 11.5 Å². The van der Waals surface area contributed by atoms with E-state index in [0.29, 0.717) is 60.7 Å². The van der Waals surface area contributed by atoms with E-state index in [4.69, 9.17) is 30.2 Å². The normalized spacial score (nSPS) is 14.9. The molecule has 0 atom stereocenters. The van der Waals surface area contributed by atoms with Gasteiger partial charge < -0.3 is 28.4 Å². The summed E-state index contributed by atoms with van der Waals surface area (Å²) in [5, 5.41) is 0.470. The van der Waals surface area contributed by atoms with Crippen molar-refractivity contribution < 1.29 is 28.2 Å². The van der Waals surface area contributed by atoms with Crippen LogP contribution in [0.4, 0.5) is 0 Å². The van der Waals surface area contributed by atoms with Gasteiger partial charge in [0.15, 0.2) is 11.5 Å². The molecule has 0 unspecified atom stereocenters. The fraction of sp³-hybridized carbons (Fsp3) is 0.357. The van der Waals surface area contributed by atoms with Crippen LogP contribution in [0.25, 0.3) is 0 Å². The van der Waals surface area contributed by atoms with Crippen molar-refractivity contribution in [3.8, 4) is 11.5 Å². The molecule has 3 aromatic rings. The van der Waals surface area contributed by atoms with Gasteiger partial charge in [-0.05, 0) is 48.0 Å². The quantitative estimate of drug-likeness (QED) is 0.389. The second-order valence-electron chi connectivity index (χ2n) is 9.21. The fourth-order valence-electron chi connectivity index (χ4n) is 4.49. The molecule has 0 aliphatic carbocycles. The molecule has 200 valence electrons. The van der Waals surface area contributed by atoms with Crippen molar-refractivity contribution in [3.63, 3.8) is 0 Å². The first-order chi connectivity index (χ1) is 18.5. The van der Waals surface area contributed by atoms with Gasteiger partial charge in [-0.25, -0.2) is 0 Å². The maximum absolute atomic E-state index is 13.7. The van der Waals surface area contributed by atoms with E-state index >= 15 is 0 Å². The molecule has 0 bridgehead atoms. The number of fused-ring (bicyclic) bond motifs is 1. The van der Waals surface area contributed by atoms with Crippen molar-refractivity contribution in [2.24, 2.45) is 0 Å². The number of hydrogen-bond donors (Lipinski definition) is 0. The highest BCUT2D eigenvalue weighted by Crippen LogP contribution is 2.33. The summed E-state index contributed by atoms with van der Waals surface area (Å²) in [6.45, 7) is 4.63. The van der Waals surface area contributed by atoms with E-state index < -0.39 is 0 Å². The van der Waals surface area contributed by atoms with E-state index in [0.717, 1.165) is 18.7 Å². The van der Waals surface area contributed by atoms with Crippen LogP contribution in [0, 0.1) is 0 Å². The lowest BCUT2D eigenvalue weighted by molar-refractivity contribution is -0.133. The maximum atomic E-state index is 13.7. The van der Waals surface area contributed by atoms with Gasteiger partial charge in [0, 0.05) is 43.3 Å². The molecular weight excluding hydrogens is 510 g/mol. The Balaban J connectivity index is 1.34. The predicted molar refractivity (Wildman–Crippen MR) is 140 cm³/mol. The van der Waals surface area contributed by atoms with Crippen molar-refractivity contribution in [2.45, 2.75) is 13.1 Å². The van der Waals surface area contributed by atoms with Gasteiger partial charge in [-0.1, -0.05) is 23.7 Å². The van der Waals surface area contributed by atoms with Crippen LogP contribution in [0.3, 0.4) is 0 Å². The van der Waals surface area contributed by atoms with Gasteiger partial charge in [0.05, 0.1) is 26.0 Å². The fourth-order valence-corrected chi connectivity index (χ4v) is 4.68. The predicted octanol–water partition coefficient (Wildman–Crippen LogP) is 3.67. The number of morpholine rings is 1. The van der Waals surface area contributed by atoms with Crippen LogP contribution in [0.1, 0.15) is 21.7 Å². The SMILES string of the molecule is O=C(CN(CCN1CCOCC1)C(=O)c1cccc(Cl)c1)N(Cc1ccc2c(c1)OCO2)Cc1ccco1. The van der Waals surface area contributed by atoms with E-state index in [2.05, 4.69) is 4.90 Å². The summed E-state index contributed by atoms with van der Waals surface area (Å²) < 4.78 is 21.9. The first-order valence-electron chi connectivity index (χ1n) is 12.6. The first-order valence-corrected chi connectivity index (χ1v) is 13.0. The van der Waals surface area contributed by atoms with Gasteiger partial charge in [-0.15, -0.1) is 0 Å². The van der Waals surface area contributed by atoms with E-state index in [1.807, 2.05) is 24.3 Å². The molecule has 9 nitrogen and oxygen atoms in total. The molecule has 2 amide bonds. The van der Waals surface area contributed by atoms with Crippen molar-refractivity contribution in [2.75, 3.05) is 52.7 Å². The van der Waals surface area contributed by atoms with Gasteiger partial charge in [-0.2, -0.15) is 0 Å². The molecule has 2 aliphatic heterocycles. The molecule has 2 aromatic carbocycles. The lowest BCUT2D eigenvalue weighted by Gasteiger charge is -2.31. The highest BCUT2D eigenvalue weighted by Gasteiger charge is 2.25. The number of carbonyl (C=O) groups is 2. The Morgan fingerprint density at radius 3 is 2.55 bits per heavy atom. The molecule has 1 aromatic heterocycles. The van der Waals surface area contributed by atoms with Crippen molar-refractivity contribution >= 4 is 23.4 Å². The van der Waals surface area contributed by atoms with Gasteiger partial charge in [-0.3, -0.25) is 14.5 Å². The molecule has 3 heterocycles. The number of carbonyl (C=O) groups excluding carboxylic acids is 2. The van der Waals surface area contributed by atoms with Crippen molar-refractivity contribution in [1.29, 1.82) is 0 Å². The van der Waals surface area contributed by atoms with Crippen molar-refractivity contribution in [1.82, 2.24) is 14.7 Å². The van der Waals surface area contributed by atoms with Gasteiger partial charge >= 0.3 is 0 Å². The minimum atomic E-state index is -0.241. The number of furan rings is 1. The van der Waals surface area contributed by atoms with E-state index in [9.17, 15) is 9.59 Å². The second-order valence-corrected chi connectivity index (χ2v) is 9.64. The largest absolute Gasteiger partial charge is 0.467 e. The molecule has 38 heavy (non-hydrogen) atoms. The summed E-state index contributed by atoms with van der Waals surface area (Å²) in [5.41, 5.74) is 1.33. The Morgan fingerprint density at radius 1 is 0.921 bits per heavy atom. The summed E-state index contributed by atoms with van der Waals surface area (Å²) in [7, 11) is 0. The number of amides is 2. The minimum absolute atomic E-state index is 0.0824. The van der Waals surface area contributed by atoms with Gasteiger partial charge in [0.1, 0.15) is 12.3 Å². The van der Waals surface area contributed by atoms with Crippen LogP contribution >= 0.6 is 11.6 Å². The third kappa shape index (κ3) is 6.66. The minimum Gasteiger partial charge on any atom is -0.467 e. The molecule has 5 rings (SSSR count). The Labute approximate surface area is 226 Å². The number of ether oxygens (including phenoxy) is 3. The highest BCUT2D eigenvalue weighted by molar-refractivity contribution is 6.31. The monoisotopic (exact) mass is 539 g/mol. The Hall–Kier alpha value is -3.53. The zero-order chi connectivity index (χ0) is 26.3. The van der Waals surface area contributed by atoms with Crippen LogP contribution in [-0.2, 0) is 22.6 Å². The standard InChI is InChI=1S/C28H30ClN3O6/c29-23-4-1-3-22(16-23)28(34)31(9-8-30-10-13-35-14-11-30)19-27(33)32(18-24-5-2-12-36-24)17-21-6-7-25-26(15-21)38-20-37-25/h1-7,12,15-16H,8-11,13-14,17-20H2. The molecule has 1 fully saturated rings. The number of rotatable bonds is 10. The summed E-state index contributed by atoms with van der Waals surface area (Å²) in [6.07, 6.45) is 1.58. The average Bonchev–Trinajstić information content (AvgIpc) is 3.62. The van der Waals surface area contributed by atoms with Crippen LogP contribution in [0.15, 0.2) is 65.3 Å². The Morgan fingerprint density at radius 2 is 1.76 bits per heavy atom. The van der Waals surface area contributed by atoms with E-state index in [-0.39, 0.29) is 31.7 Å². The van der Waals surface area contributed by atoms with Crippen LogP contribution < -0.4 is 9.47 Å². The summed E-state index contributed by atoms with van der Waals surface area (Å²) in [5.74, 6) is 1.54. The summed E-state index contributed by atoms with van der Waals surface area (Å²) >= 11 is 6.16. The maximum Gasteiger partial charge on any atom is 0.254 e. The zero-order valence-corrected chi connectivity index (χ0v) is 21.8. The average molecular weight is 540 g/mol. The Bertz CT molecular complexity index is 1250. The summed E-state index contributed by atoms with van der Waals surface area (Å²) in [6, 6.07) is 16.0. The molecule has 0 radical (unpaired) electrons. The smallest absolute Gasteiger partial charge is 0.254 e. The number of halogens is 1. The molecule has 1 saturated heterocycles. The van der Waals surface area contributed by atoms with E-state index in [1.54, 1.807) is 46.4 Å². The van der Waals surface area contributed by atoms with E-state index in [1.165, 1.54) is 0 Å². The highest BCUT2D eigenvalue weighted by atomic mass is 35.5. The lowest BCUT2D eigenvalue weighted by Crippen LogP contribution is -2.47. The molecule has 0 saturated carbocycles. The number of nitrogens with zero attached hydrogens (tertiary/aromatic N) is 3. The topological polar surface area (TPSA) is 84.7 Å². The number of benzene rings is 2. The molecule has 2 aliphatic rings. The molecule has 0 spiro atoms. The third-order valence-electron chi connectivity index (χ3n) is 6.56. The summed E-state index contributed by atoms with van der Waals surface area (Å²) in [4.78, 5) is 32.8. The van der Waals surface area contributed by atoms with Crippen LogP contribution in [0.2, 0.25) is 5.02 Å². The Kier molecular flexibility index (Phi) is 8.47. The lowest BCUT2D eigenvalue weighted by atomic mass is 10.1. The molecule has 10 heteroatoms. The van der Waals surface area contributed by atoms with Crippen LogP contribution in [-0.4, -0.2) is 79.2 Å². The van der Waals surface area contributed by atoms with Gasteiger partial charge in [0.2, 0.25) is 12.7 Å². The molecule has 0 N–H and O–H groups in total. The number of hydrogen-bond acceptors (Lipinski definition) is 7. The zero-order valence-electron chi connectivity index (χ0n) is 21.0.